The number of likely N-dealkylation sites (N-methyl/N-ethyl adjacent to an activating group) is 1. The van der Waals surface area contributed by atoms with Crippen LogP contribution in [0.4, 0.5) is 0 Å². The lowest BCUT2D eigenvalue weighted by molar-refractivity contribution is 0.0796. The van der Waals surface area contributed by atoms with Crippen LogP contribution in [-0.2, 0) is 6.42 Å². The zero-order chi connectivity index (χ0) is 24.9. The first-order valence-corrected chi connectivity index (χ1v) is 11.8. The Morgan fingerprint density at radius 2 is 1.60 bits per heavy atom. The lowest BCUT2D eigenvalue weighted by Crippen LogP contribution is -2.29. The van der Waals surface area contributed by atoms with Crippen LogP contribution in [0.1, 0.15) is 21.6 Å². The third kappa shape index (κ3) is 5.05. The highest BCUT2D eigenvalue weighted by Gasteiger charge is 2.23. The predicted molar refractivity (Wildman–Crippen MR) is 141 cm³/mol. The second kappa shape index (κ2) is 10.7. The summed E-state index contributed by atoms with van der Waals surface area (Å²) >= 11 is 6.57. The summed E-state index contributed by atoms with van der Waals surface area (Å²) in [7, 11) is 5.07. The van der Waals surface area contributed by atoms with Crippen LogP contribution >= 0.6 is 11.6 Å². The van der Waals surface area contributed by atoms with E-state index in [1.807, 2.05) is 92.8 Å². The van der Waals surface area contributed by atoms with Crippen molar-refractivity contribution in [3.8, 4) is 28.4 Å². The highest BCUT2D eigenvalue weighted by atomic mass is 35.5. The topological polar surface area (TPSA) is 43.7 Å². The average molecular weight is 489 g/mol. The molecule has 0 bridgehead atoms. The van der Waals surface area contributed by atoms with Crippen molar-refractivity contribution in [2.75, 3.05) is 27.8 Å². The van der Waals surface area contributed by atoms with Gasteiger partial charge in [-0.1, -0.05) is 60.1 Å². The smallest absolute Gasteiger partial charge is 0.255 e. The Bertz CT molecular complexity index is 1330. The van der Waals surface area contributed by atoms with Crippen molar-refractivity contribution in [3.63, 3.8) is 0 Å². The van der Waals surface area contributed by atoms with Crippen LogP contribution in [0, 0.1) is 6.92 Å². The zero-order valence-corrected chi connectivity index (χ0v) is 21.2. The maximum atomic E-state index is 13.6. The summed E-state index contributed by atoms with van der Waals surface area (Å²) in [6.45, 7) is 2.52. The third-order valence-corrected chi connectivity index (χ3v) is 6.49. The monoisotopic (exact) mass is 488 g/mol. The lowest BCUT2D eigenvalue weighted by Gasteiger charge is -2.18. The van der Waals surface area contributed by atoms with E-state index < -0.39 is 0 Å². The van der Waals surface area contributed by atoms with Crippen molar-refractivity contribution < 1.29 is 14.3 Å². The SMILES string of the molecule is COc1ccc(CCN(C)C(=O)c2cc(-c3ccccc3)n(-c3ccccc3Cl)c2C)cc1OC. The molecule has 0 spiro atoms. The molecule has 0 atom stereocenters. The van der Waals surface area contributed by atoms with Gasteiger partial charge in [0.05, 0.1) is 36.2 Å². The molecule has 0 saturated heterocycles. The van der Waals surface area contributed by atoms with E-state index in [2.05, 4.69) is 4.57 Å². The largest absolute Gasteiger partial charge is 0.493 e. The Labute approximate surface area is 211 Å². The van der Waals surface area contributed by atoms with E-state index in [-0.39, 0.29) is 5.91 Å². The molecule has 5 nitrogen and oxygen atoms in total. The minimum atomic E-state index is -0.0361. The molecule has 180 valence electrons. The molecular formula is C29H29ClN2O3. The molecule has 4 aromatic rings. The van der Waals surface area contributed by atoms with Crippen molar-refractivity contribution in [2.24, 2.45) is 0 Å². The van der Waals surface area contributed by atoms with E-state index in [1.54, 1.807) is 19.1 Å². The second-order valence-corrected chi connectivity index (χ2v) is 8.75. The van der Waals surface area contributed by atoms with Crippen LogP contribution in [0.2, 0.25) is 5.02 Å². The Kier molecular flexibility index (Phi) is 7.47. The van der Waals surface area contributed by atoms with E-state index >= 15 is 0 Å². The number of rotatable bonds is 8. The number of carbonyl (C=O) groups excluding carboxylic acids is 1. The van der Waals surface area contributed by atoms with E-state index in [4.69, 9.17) is 21.1 Å². The molecule has 0 radical (unpaired) electrons. The number of halogens is 1. The molecule has 0 fully saturated rings. The molecule has 0 saturated carbocycles. The van der Waals surface area contributed by atoms with Gasteiger partial charge >= 0.3 is 0 Å². The maximum absolute atomic E-state index is 13.6. The van der Waals surface area contributed by atoms with Crippen LogP contribution in [0.15, 0.2) is 78.9 Å². The molecule has 0 aliphatic carbocycles. The molecule has 0 unspecified atom stereocenters. The standard InChI is InChI=1S/C29H29ClN2O3/c1-20-23(29(33)31(2)17-16-21-14-15-27(34-3)28(18-21)35-4)19-26(22-10-6-5-7-11-22)32(20)25-13-9-8-12-24(25)30/h5-15,18-19H,16-17H2,1-4H3. The van der Waals surface area contributed by atoms with Gasteiger partial charge in [-0.05, 0) is 54.8 Å². The van der Waals surface area contributed by atoms with E-state index in [1.165, 1.54) is 0 Å². The number of hydrogen-bond donors (Lipinski definition) is 0. The molecule has 0 aliphatic heterocycles. The van der Waals surface area contributed by atoms with Crippen molar-refractivity contribution in [1.29, 1.82) is 0 Å². The molecule has 4 rings (SSSR count). The van der Waals surface area contributed by atoms with Gasteiger partial charge in [-0.25, -0.2) is 0 Å². The van der Waals surface area contributed by atoms with Crippen LogP contribution in [0.3, 0.4) is 0 Å². The van der Waals surface area contributed by atoms with Gasteiger partial charge in [-0.2, -0.15) is 0 Å². The fourth-order valence-corrected chi connectivity index (χ4v) is 4.45. The Balaban J connectivity index is 1.64. The van der Waals surface area contributed by atoms with Gasteiger partial charge in [0.1, 0.15) is 0 Å². The Hall–Kier alpha value is -3.70. The average Bonchev–Trinajstić information content (AvgIpc) is 3.24. The minimum absolute atomic E-state index is 0.0361. The summed E-state index contributed by atoms with van der Waals surface area (Å²) in [4.78, 5) is 15.3. The second-order valence-electron chi connectivity index (χ2n) is 8.35. The molecule has 6 heteroatoms. The van der Waals surface area contributed by atoms with Crippen LogP contribution in [0.25, 0.3) is 16.9 Å². The molecule has 1 aromatic heterocycles. The van der Waals surface area contributed by atoms with E-state index in [9.17, 15) is 4.79 Å². The number of hydrogen-bond acceptors (Lipinski definition) is 3. The van der Waals surface area contributed by atoms with Gasteiger partial charge in [-0.3, -0.25) is 4.79 Å². The molecule has 1 heterocycles. The highest BCUT2D eigenvalue weighted by molar-refractivity contribution is 6.32. The highest BCUT2D eigenvalue weighted by Crippen LogP contribution is 2.33. The summed E-state index contributed by atoms with van der Waals surface area (Å²) in [6, 6.07) is 25.5. The number of para-hydroxylation sites is 1. The molecule has 35 heavy (non-hydrogen) atoms. The fraction of sp³-hybridized carbons (Fsp3) is 0.207. The number of benzene rings is 3. The van der Waals surface area contributed by atoms with Crippen molar-refractivity contribution >= 4 is 17.5 Å². The third-order valence-electron chi connectivity index (χ3n) is 6.17. The van der Waals surface area contributed by atoms with Gasteiger partial charge < -0.3 is 18.9 Å². The van der Waals surface area contributed by atoms with Crippen LogP contribution in [0.5, 0.6) is 11.5 Å². The molecule has 0 aliphatic rings. The predicted octanol–water partition coefficient (Wildman–Crippen LogP) is 6.44. The van der Waals surface area contributed by atoms with Gasteiger partial charge in [-0.15, -0.1) is 0 Å². The van der Waals surface area contributed by atoms with Gasteiger partial charge in [0.2, 0.25) is 0 Å². The van der Waals surface area contributed by atoms with Crippen molar-refractivity contribution in [2.45, 2.75) is 13.3 Å². The molecule has 0 N–H and O–H groups in total. The lowest BCUT2D eigenvalue weighted by atomic mass is 10.1. The first-order chi connectivity index (χ1) is 16.9. The van der Waals surface area contributed by atoms with Crippen LogP contribution in [-0.4, -0.2) is 43.2 Å². The Morgan fingerprint density at radius 3 is 2.29 bits per heavy atom. The molecular weight excluding hydrogens is 460 g/mol. The maximum Gasteiger partial charge on any atom is 0.255 e. The summed E-state index contributed by atoms with van der Waals surface area (Å²) in [5.74, 6) is 1.33. The first-order valence-electron chi connectivity index (χ1n) is 11.4. The molecule has 1 amide bonds. The summed E-state index contributed by atoms with van der Waals surface area (Å²) in [5.41, 5.74) is 5.35. The zero-order valence-electron chi connectivity index (χ0n) is 20.4. The van der Waals surface area contributed by atoms with Gasteiger partial charge in [0.25, 0.3) is 5.91 Å². The summed E-state index contributed by atoms with van der Waals surface area (Å²) in [5, 5.41) is 0.629. The van der Waals surface area contributed by atoms with Gasteiger partial charge in [0.15, 0.2) is 11.5 Å². The quantitative estimate of drug-likeness (QED) is 0.287. The Morgan fingerprint density at radius 1 is 0.914 bits per heavy atom. The normalized spacial score (nSPS) is 10.8. The summed E-state index contributed by atoms with van der Waals surface area (Å²) < 4.78 is 12.8. The summed E-state index contributed by atoms with van der Waals surface area (Å²) in [6.07, 6.45) is 0.693. The fourth-order valence-electron chi connectivity index (χ4n) is 4.23. The van der Waals surface area contributed by atoms with E-state index in [0.717, 1.165) is 28.2 Å². The number of nitrogens with zero attached hydrogens (tertiary/aromatic N) is 2. The minimum Gasteiger partial charge on any atom is -0.493 e. The van der Waals surface area contributed by atoms with Crippen molar-refractivity contribution in [1.82, 2.24) is 9.47 Å². The molecule has 3 aromatic carbocycles. The number of amides is 1. The van der Waals surface area contributed by atoms with E-state index in [0.29, 0.717) is 35.1 Å². The number of aromatic nitrogens is 1. The first kappa shape index (κ1) is 24.4. The van der Waals surface area contributed by atoms with Crippen LogP contribution < -0.4 is 9.47 Å². The number of methoxy groups -OCH3 is 2. The number of ether oxygens (including phenoxy) is 2. The number of carbonyl (C=O) groups is 1. The van der Waals surface area contributed by atoms with Gasteiger partial charge in [0, 0.05) is 19.3 Å². The van der Waals surface area contributed by atoms with Crippen molar-refractivity contribution in [3.05, 3.63) is 101 Å².